The van der Waals surface area contributed by atoms with Crippen LogP contribution >= 0.6 is 0 Å². The Kier molecular flexibility index (Phi) is 6.21. The van der Waals surface area contributed by atoms with Crippen LogP contribution in [0.15, 0.2) is 24.3 Å². The molecule has 2 rings (SSSR count). The number of likely N-dealkylation sites (tertiary alicyclic amines) is 1. The lowest BCUT2D eigenvalue weighted by Gasteiger charge is -2.33. The molecular formula is C17H26N2O3. The zero-order valence-electron chi connectivity index (χ0n) is 13.2. The molecule has 0 aliphatic carbocycles. The van der Waals surface area contributed by atoms with Gasteiger partial charge in [-0.1, -0.05) is 17.7 Å². The van der Waals surface area contributed by atoms with Gasteiger partial charge in [0, 0.05) is 19.5 Å². The lowest BCUT2D eigenvalue weighted by atomic mass is 9.94. The first-order valence-corrected chi connectivity index (χ1v) is 7.91. The fourth-order valence-electron chi connectivity index (χ4n) is 2.95. The summed E-state index contributed by atoms with van der Waals surface area (Å²) < 4.78 is 5.60. The molecule has 0 radical (unpaired) electrons. The highest BCUT2D eigenvalue weighted by molar-refractivity contribution is 5.74. The van der Waals surface area contributed by atoms with Gasteiger partial charge in [-0.3, -0.25) is 4.79 Å². The molecule has 1 fully saturated rings. The maximum atomic E-state index is 11.0. The quantitative estimate of drug-likeness (QED) is 0.796. The van der Waals surface area contributed by atoms with E-state index in [1.165, 1.54) is 5.56 Å². The van der Waals surface area contributed by atoms with Crippen LogP contribution in [0.2, 0.25) is 0 Å². The number of aryl methyl sites for hydroxylation is 1. The van der Waals surface area contributed by atoms with Crippen molar-refractivity contribution in [3.8, 4) is 5.75 Å². The molecule has 22 heavy (non-hydrogen) atoms. The third-order valence-corrected chi connectivity index (χ3v) is 4.03. The van der Waals surface area contributed by atoms with Crippen molar-refractivity contribution < 1.29 is 14.6 Å². The Morgan fingerprint density at radius 3 is 2.86 bits per heavy atom. The number of hydrogen-bond donors (Lipinski definition) is 2. The summed E-state index contributed by atoms with van der Waals surface area (Å²) in [5.41, 5.74) is 6.45. The van der Waals surface area contributed by atoms with Gasteiger partial charge in [0.25, 0.3) is 0 Å². The van der Waals surface area contributed by atoms with E-state index >= 15 is 0 Å². The Morgan fingerprint density at radius 2 is 2.18 bits per heavy atom. The Bertz CT molecular complexity index is 475. The highest BCUT2D eigenvalue weighted by atomic mass is 16.5. The number of primary amides is 1. The minimum absolute atomic E-state index is 0.241. The van der Waals surface area contributed by atoms with E-state index in [-0.39, 0.29) is 12.5 Å². The summed E-state index contributed by atoms with van der Waals surface area (Å²) >= 11 is 0. The molecule has 2 atom stereocenters. The molecule has 5 heteroatoms. The predicted octanol–water partition coefficient (Wildman–Crippen LogP) is 1.32. The van der Waals surface area contributed by atoms with Gasteiger partial charge in [0.05, 0.1) is 0 Å². The van der Waals surface area contributed by atoms with E-state index in [9.17, 15) is 9.90 Å². The highest BCUT2D eigenvalue weighted by Gasteiger charge is 2.23. The van der Waals surface area contributed by atoms with Gasteiger partial charge in [-0.05, 0) is 44.4 Å². The zero-order chi connectivity index (χ0) is 15.9. The Balaban J connectivity index is 1.72. The van der Waals surface area contributed by atoms with Crippen molar-refractivity contribution in [3.63, 3.8) is 0 Å². The number of hydrogen-bond acceptors (Lipinski definition) is 4. The molecule has 0 bridgehead atoms. The van der Waals surface area contributed by atoms with Crippen LogP contribution in [0.1, 0.15) is 24.8 Å². The molecule has 122 valence electrons. The normalized spacial score (nSPS) is 20.5. The number of carbonyl (C=O) groups is 1. The van der Waals surface area contributed by atoms with Gasteiger partial charge in [-0.15, -0.1) is 0 Å². The molecule has 1 aromatic carbocycles. The van der Waals surface area contributed by atoms with Crippen LogP contribution < -0.4 is 10.5 Å². The van der Waals surface area contributed by atoms with Gasteiger partial charge in [-0.25, -0.2) is 0 Å². The maximum absolute atomic E-state index is 11.0. The molecule has 0 saturated carbocycles. The van der Waals surface area contributed by atoms with Gasteiger partial charge in [0.1, 0.15) is 18.5 Å². The minimum Gasteiger partial charge on any atom is -0.491 e. The van der Waals surface area contributed by atoms with Gasteiger partial charge >= 0.3 is 0 Å². The highest BCUT2D eigenvalue weighted by Crippen LogP contribution is 2.19. The average molecular weight is 306 g/mol. The summed E-state index contributed by atoms with van der Waals surface area (Å²) in [5.74, 6) is 0.849. The first-order chi connectivity index (χ1) is 10.5. The molecule has 1 saturated heterocycles. The van der Waals surface area contributed by atoms with E-state index in [2.05, 4.69) is 4.90 Å². The Morgan fingerprint density at radius 1 is 1.45 bits per heavy atom. The standard InChI is InChI=1S/C17H26N2O3/c1-13-4-6-16(7-5-13)22-12-15(20)11-19-8-2-3-14(10-19)9-17(18)21/h4-7,14-15,20H,2-3,8-12H2,1H3,(H2,18,21). The zero-order valence-corrected chi connectivity index (χ0v) is 13.2. The van der Waals surface area contributed by atoms with Crippen molar-refractivity contribution in [3.05, 3.63) is 29.8 Å². The van der Waals surface area contributed by atoms with Crippen LogP contribution in [-0.2, 0) is 4.79 Å². The topological polar surface area (TPSA) is 75.8 Å². The third kappa shape index (κ3) is 5.66. The number of aliphatic hydroxyl groups is 1. The second-order valence-electron chi connectivity index (χ2n) is 6.22. The molecule has 5 nitrogen and oxygen atoms in total. The van der Waals surface area contributed by atoms with Crippen LogP contribution in [0.3, 0.4) is 0 Å². The molecule has 1 aromatic rings. The largest absolute Gasteiger partial charge is 0.491 e. The van der Waals surface area contributed by atoms with Gasteiger partial charge in [-0.2, -0.15) is 0 Å². The van der Waals surface area contributed by atoms with Crippen molar-refractivity contribution in [2.75, 3.05) is 26.2 Å². The van der Waals surface area contributed by atoms with Crippen LogP contribution in [0, 0.1) is 12.8 Å². The van der Waals surface area contributed by atoms with Gasteiger partial charge in [0.15, 0.2) is 0 Å². The van der Waals surface area contributed by atoms with Crippen molar-refractivity contribution in [2.24, 2.45) is 11.7 Å². The summed E-state index contributed by atoms with van der Waals surface area (Å²) in [6.07, 6.45) is 1.99. The number of nitrogens with zero attached hydrogens (tertiary/aromatic N) is 1. The van der Waals surface area contributed by atoms with E-state index in [1.807, 2.05) is 31.2 Å². The van der Waals surface area contributed by atoms with Gasteiger partial charge in [0.2, 0.25) is 5.91 Å². The average Bonchev–Trinajstić information content (AvgIpc) is 2.46. The summed E-state index contributed by atoms with van der Waals surface area (Å²) in [7, 11) is 0. The summed E-state index contributed by atoms with van der Waals surface area (Å²) in [5, 5.41) is 10.1. The minimum atomic E-state index is -0.534. The first kappa shape index (κ1) is 16.8. The molecule has 0 aromatic heterocycles. The molecule has 1 heterocycles. The lowest BCUT2D eigenvalue weighted by Crippen LogP contribution is -2.42. The number of aliphatic hydroxyl groups excluding tert-OH is 1. The Labute approximate surface area is 132 Å². The fraction of sp³-hybridized carbons (Fsp3) is 0.588. The summed E-state index contributed by atoms with van der Waals surface area (Å²) in [6.45, 7) is 4.65. The SMILES string of the molecule is Cc1ccc(OCC(O)CN2CCCC(CC(N)=O)C2)cc1. The van der Waals surface area contributed by atoms with Crippen molar-refractivity contribution in [1.29, 1.82) is 0 Å². The number of piperidine rings is 1. The van der Waals surface area contributed by atoms with Gasteiger partial charge < -0.3 is 20.5 Å². The van der Waals surface area contributed by atoms with E-state index in [0.717, 1.165) is 31.7 Å². The molecule has 1 amide bonds. The van der Waals surface area contributed by atoms with Crippen LogP contribution in [-0.4, -0.2) is 48.3 Å². The molecule has 3 N–H and O–H groups in total. The number of benzene rings is 1. The molecule has 0 spiro atoms. The lowest BCUT2D eigenvalue weighted by molar-refractivity contribution is -0.119. The van der Waals surface area contributed by atoms with E-state index < -0.39 is 6.10 Å². The number of nitrogens with two attached hydrogens (primary N) is 1. The molecule has 1 aliphatic rings. The van der Waals surface area contributed by atoms with Crippen molar-refractivity contribution in [1.82, 2.24) is 4.90 Å². The fourth-order valence-corrected chi connectivity index (χ4v) is 2.95. The van der Waals surface area contributed by atoms with Crippen molar-refractivity contribution >= 4 is 5.91 Å². The smallest absolute Gasteiger partial charge is 0.217 e. The van der Waals surface area contributed by atoms with E-state index in [0.29, 0.717) is 18.9 Å². The van der Waals surface area contributed by atoms with Crippen LogP contribution in [0.5, 0.6) is 5.75 Å². The predicted molar refractivity (Wildman–Crippen MR) is 85.7 cm³/mol. The Hall–Kier alpha value is -1.59. The summed E-state index contributed by atoms with van der Waals surface area (Å²) in [6, 6.07) is 7.79. The third-order valence-electron chi connectivity index (χ3n) is 4.03. The van der Waals surface area contributed by atoms with Crippen LogP contribution in [0.25, 0.3) is 0 Å². The number of rotatable bonds is 7. The van der Waals surface area contributed by atoms with E-state index in [1.54, 1.807) is 0 Å². The monoisotopic (exact) mass is 306 g/mol. The number of amides is 1. The second-order valence-corrected chi connectivity index (χ2v) is 6.22. The number of β-amino-alcohol motifs (C(OH)–C–C–N with tert-alkyl or cyclic N) is 1. The van der Waals surface area contributed by atoms with E-state index in [4.69, 9.17) is 10.5 Å². The number of ether oxygens (including phenoxy) is 1. The van der Waals surface area contributed by atoms with Crippen molar-refractivity contribution in [2.45, 2.75) is 32.3 Å². The molecule has 1 aliphatic heterocycles. The number of carbonyl (C=O) groups excluding carboxylic acids is 1. The maximum Gasteiger partial charge on any atom is 0.217 e. The molecule has 2 unspecified atom stereocenters. The summed E-state index contributed by atoms with van der Waals surface area (Å²) in [4.78, 5) is 13.2. The molecular weight excluding hydrogens is 280 g/mol. The first-order valence-electron chi connectivity index (χ1n) is 7.91. The second kappa shape index (κ2) is 8.15. The van der Waals surface area contributed by atoms with Crippen LogP contribution in [0.4, 0.5) is 0 Å².